The van der Waals surface area contributed by atoms with E-state index in [-0.39, 0.29) is 17.0 Å². The minimum atomic E-state index is -0.0824. The number of amides is 1. The van der Waals surface area contributed by atoms with E-state index in [0.29, 0.717) is 12.1 Å². The van der Waals surface area contributed by atoms with E-state index in [1.807, 2.05) is 9.47 Å². The van der Waals surface area contributed by atoms with Gasteiger partial charge in [-0.25, -0.2) is 0 Å². The van der Waals surface area contributed by atoms with Crippen molar-refractivity contribution >= 4 is 17.5 Å². The molecule has 7 heteroatoms. The van der Waals surface area contributed by atoms with Crippen molar-refractivity contribution in [2.75, 3.05) is 13.1 Å². The Kier molecular flexibility index (Phi) is 3.96. The predicted octanol–water partition coefficient (Wildman–Crippen LogP) is 2.56. The molecular weight excluding hydrogens is 292 g/mol. The molecule has 2 aromatic heterocycles. The summed E-state index contributed by atoms with van der Waals surface area (Å²) in [5.41, 5.74) is 0.425. The summed E-state index contributed by atoms with van der Waals surface area (Å²) in [4.78, 5) is 14.3. The number of nitrogens with zero attached hydrogens (tertiary/aromatic N) is 4. The van der Waals surface area contributed by atoms with Crippen LogP contribution in [-0.2, 0) is 6.54 Å². The molecule has 0 saturated carbocycles. The van der Waals surface area contributed by atoms with E-state index in [9.17, 15) is 4.79 Å². The van der Waals surface area contributed by atoms with E-state index in [1.54, 1.807) is 12.4 Å². The lowest BCUT2D eigenvalue weighted by Crippen LogP contribution is -2.39. The van der Waals surface area contributed by atoms with Crippen molar-refractivity contribution in [1.82, 2.24) is 19.7 Å². The lowest BCUT2D eigenvalue weighted by atomic mass is 9.96. The Labute approximate surface area is 127 Å². The molecule has 0 bridgehead atoms. The van der Waals surface area contributed by atoms with Crippen LogP contribution >= 0.6 is 11.6 Å². The number of aryl methyl sites for hydroxylation is 1. The van der Waals surface area contributed by atoms with Gasteiger partial charge in [-0.1, -0.05) is 0 Å². The van der Waals surface area contributed by atoms with Crippen LogP contribution in [0.4, 0.5) is 0 Å². The van der Waals surface area contributed by atoms with Crippen molar-refractivity contribution in [1.29, 1.82) is 0 Å². The molecule has 0 N–H and O–H groups in total. The summed E-state index contributed by atoms with van der Waals surface area (Å²) in [7, 11) is 0. The number of furan rings is 1. The van der Waals surface area contributed by atoms with E-state index in [2.05, 4.69) is 17.1 Å². The molecular formula is C14H17ClN4O2. The molecule has 21 heavy (non-hydrogen) atoms. The van der Waals surface area contributed by atoms with Crippen LogP contribution in [-0.4, -0.2) is 38.7 Å². The fraction of sp³-hybridized carbons (Fsp3) is 0.500. The number of halogens is 1. The van der Waals surface area contributed by atoms with Crippen molar-refractivity contribution < 1.29 is 9.21 Å². The summed E-state index contributed by atoms with van der Waals surface area (Å²) in [6, 6.07) is 1.61. The van der Waals surface area contributed by atoms with Crippen LogP contribution in [0.1, 0.15) is 41.9 Å². The monoisotopic (exact) mass is 308 g/mol. The molecule has 0 unspecified atom stereocenters. The third-order valence-corrected chi connectivity index (χ3v) is 4.20. The summed E-state index contributed by atoms with van der Waals surface area (Å²) in [5, 5.41) is 8.34. The summed E-state index contributed by atoms with van der Waals surface area (Å²) >= 11 is 5.90. The van der Waals surface area contributed by atoms with Crippen LogP contribution in [0, 0.1) is 0 Å². The number of piperidine rings is 1. The predicted molar refractivity (Wildman–Crippen MR) is 77.3 cm³/mol. The molecule has 0 spiro atoms. The molecule has 1 amide bonds. The molecule has 112 valence electrons. The van der Waals surface area contributed by atoms with Gasteiger partial charge in [0, 0.05) is 25.6 Å². The maximum absolute atomic E-state index is 12.5. The molecule has 1 aliphatic heterocycles. The standard InChI is InChI=1S/C14H17ClN4O2/c1-2-18-9-16-17-13(18)10-4-3-6-19(8-10)14(20)11-5-7-21-12(11)15/h5,7,9-10H,2-4,6,8H2,1H3/t10-/m1/s1. The molecule has 1 aliphatic rings. The van der Waals surface area contributed by atoms with E-state index < -0.39 is 0 Å². The van der Waals surface area contributed by atoms with Gasteiger partial charge in [-0.2, -0.15) is 0 Å². The van der Waals surface area contributed by atoms with Crippen molar-refractivity contribution in [2.45, 2.75) is 32.2 Å². The minimum Gasteiger partial charge on any atom is -0.452 e. The fourth-order valence-electron chi connectivity index (χ4n) is 2.81. The smallest absolute Gasteiger partial charge is 0.258 e. The first-order chi connectivity index (χ1) is 10.2. The molecule has 3 rings (SSSR count). The topological polar surface area (TPSA) is 64.2 Å². The molecule has 6 nitrogen and oxygen atoms in total. The van der Waals surface area contributed by atoms with Crippen molar-refractivity contribution in [3.8, 4) is 0 Å². The number of hydrogen-bond acceptors (Lipinski definition) is 4. The maximum Gasteiger partial charge on any atom is 0.258 e. The SMILES string of the molecule is CCn1cnnc1[C@@H]1CCCN(C(=O)c2ccoc2Cl)C1. The Bertz CT molecular complexity index is 636. The molecule has 2 aromatic rings. The highest BCUT2D eigenvalue weighted by molar-refractivity contribution is 6.32. The lowest BCUT2D eigenvalue weighted by molar-refractivity contribution is 0.0702. The first-order valence-electron chi connectivity index (χ1n) is 7.10. The van der Waals surface area contributed by atoms with E-state index in [0.717, 1.165) is 31.8 Å². The lowest BCUT2D eigenvalue weighted by Gasteiger charge is -2.32. The van der Waals surface area contributed by atoms with E-state index in [1.165, 1.54) is 6.26 Å². The molecule has 1 saturated heterocycles. The van der Waals surface area contributed by atoms with E-state index in [4.69, 9.17) is 16.0 Å². The third kappa shape index (κ3) is 2.68. The van der Waals surface area contributed by atoms with Gasteiger partial charge in [-0.15, -0.1) is 10.2 Å². The quantitative estimate of drug-likeness (QED) is 0.874. The number of aromatic nitrogens is 3. The van der Waals surface area contributed by atoms with Crippen LogP contribution in [0.15, 0.2) is 23.1 Å². The van der Waals surface area contributed by atoms with Crippen molar-refractivity contribution in [3.05, 3.63) is 35.3 Å². The highest BCUT2D eigenvalue weighted by Crippen LogP contribution is 2.28. The highest BCUT2D eigenvalue weighted by Gasteiger charge is 2.29. The van der Waals surface area contributed by atoms with Gasteiger partial charge >= 0.3 is 0 Å². The number of rotatable bonds is 3. The van der Waals surface area contributed by atoms with Gasteiger partial charge in [0.25, 0.3) is 5.91 Å². The number of hydrogen-bond donors (Lipinski definition) is 0. The largest absolute Gasteiger partial charge is 0.452 e. The van der Waals surface area contributed by atoms with Crippen LogP contribution < -0.4 is 0 Å². The Hall–Kier alpha value is -1.82. The normalized spacial score (nSPS) is 19.0. The molecule has 1 atom stereocenters. The number of carbonyl (C=O) groups excluding carboxylic acids is 1. The van der Waals surface area contributed by atoms with Gasteiger partial charge in [-0.05, 0) is 37.4 Å². The highest BCUT2D eigenvalue weighted by atomic mass is 35.5. The first-order valence-corrected chi connectivity index (χ1v) is 7.48. The van der Waals surface area contributed by atoms with Gasteiger partial charge in [0.2, 0.25) is 5.22 Å². The third-order valence-electron chi connectivity index (χ3n) is 3.91. The van der Waals surface area contributed by atoms with Crippen LogP contribution in [0.2, 0.25) is 5.22 Å². The Balaban J connectivity index is 1.77. The van der Waals surface area contributed by atoms with Gasteiger partial charge < -0.3 is 13.9 Å². The molecule has 1 fully saturated rings. The van der Waals surface area contributed by atoms with Gasteiger partial charge in [0.1, 0.15) is 12.2 Å². The average Bonchev–Trinajstić information content (AvgIpc) is 3.15. The molecule has 0 aliphatic carbocycles. The van der Waals surface area contributed by atoms with Crippen molar-refractivity contribution in [2.24, 2.45) is 0 Å². The van der Waals surface area contributed by atoms with Gasteiger partial charge in [-0.3, -0.25) is 4.79 Å². The van der Waals surface area contributed by atoms with Crippen LogP contribution in [0.5, 0.6) is 0 Å². The zero-order valence-corrected chi connectivity index (χ0v) is 12.6. The Morgan fingerprint density at radius 2 is 2.43 bits per heavy atom. The zero-order valence-electron chi connectivity index (χ0n) is 11.8. The summed E-state index contributed by atoms with van der Waals surface area (Å²) in [6.45, 7) is 4.26. The summed E-state index contributed by atoms with van der Waals surface area (Å²) in [5.74, 6) is 1.09. The second kappa shape index (κ2) is 5.89. The number of likely N-dealkylation sites (tertiary alicyclic amines) is 1. The van der Waals surface area contributed by atoms with Gasteiger partial charge in [0.15, 0.2) is 0 Å². The molecule has 3 heterocycles. The van der Waals surface area contributed by atoms with Crippen molar-refractivity contribution in [3.63, 3.8) is 0 Å². The number of carbonyl (C=O) groups is 1. The second-order valence-corrected chi connectivity index (χ2v) is 5.52. The second-order valence-electron chi connectivity index (χ2n) is 5.17. The van der Waals surface area contributed by atoms with E-state index >= 15 is 0 Å². The first kappa shape index (κ1) is 14.1. The average molecular weight is 309 g/mol. The Morgan fingerprint density at radius 3 is 3.14 bits per heavy atom. The fourth-order valence-corrected chi connectivity index (χ4v) is 3.01. The summed E-state index contributed by atoms with van der Waals surface area (Å²) < 4.78 is 7.03. The zero-order chi connectivity index (χ0) is 14.8. The van der Waals surface area contributed by atoms with Crippen LogP contribution in [0.3, 0.4) is 0 Å². The molecule has 0 aromatic carbocycles. The molecule has 0 radical (unpaired) electrons. The Morgan fingerprint density at radius 1 is 1.57 bits per heavy atom. The summed E-state index contributed by atoms with van der Waals surface area (Å²) in [6.07, 6.45) is 5.14. The maximum atomic E-state index is 12.5. The van der Waals surface area contributed by atoms with Crippen LogP contribution in [0.25, 0.3) is 0 Å². The minimum absolute atomic E-state index is 0.0824. The van der Waals surface area contributed by atoms with Gasteiger partial charge in [0.05, 0.1) is 11.8 Å².